The molecule has 1 heterocycles. The fourth-order valence-electron chi connectivity index (χ4n) is 2.19. The van der Waals surface area contributed by atoms with E-state index in [1.165, 1.54) is 17.1 Å². The summed E-state index contributed by atoms with van der Waals surface area (Å²) in [6.45, 7) is 5.52. The molecular weight excluding hydrogens is 362 g/mol. The molecule has 0 aliphatic carbocycles. The molecule has 3 nitrogen and oxygen atoms in total. The second-order valence-corrected chi connectivity index (χ2v) is 7.13. The smallest absolute Gasteiger partial charge is 0.391 e. The van der Waals surface area contributed by atoms with Crippen molar-refractivity contribution in [2.24, 2.45) is 5.41 Å². The molecule has 144 valence electrons. The van der Waals surface area contributed by atoms with Gasteiger partial charge in [0.05, 0.1) is 35.8 Å². The van der Waals surface area contributed by atoms with Crippen molar-refractivity contribution in [3.8, 4) is 11.3 Å². The number of hydrogen-bond acceptors (Lipinski definition) is 2. The molecule has 0 saturated heterocycles. The summed E-state index contributed by atoms with van der Waals surface area (Å²) < 4.78 is 79.0. The SMILES string of the molecule is CC(C)(C)[C@H](O)Cn1cnc(-c2cc(C(F)(F)F)cc(C(F)(F)F)c2)c1. The molecule has 2 rings (SSSR count). The first kappa shape index (κ1) is 20.3. The molecule has 0 aliphatic rings. The zero-order valence-electron chi connectivity index (χ0n) is 14.3. The van der Waals surface area contributed by atoms with E-state index in [-0.39, 0.29) is 23.9 Å². The number of benzene rings is 1. The summed E-state index contributed by atoms with van der Waals surface area (Å²) in [5.74, 6) is 0. The van der Waals surface area contributed by atoms with Crippen LogP contribution in [0.1, 0.15) is 31.9 Å². The molecule has 2 aromatic rings. The maximum absolute atomic E-state index is 12.9. The third kappa shape index (κ3) is 4.78. The predicted octanol–water partition coefficient (Wildman–Crippen LogP) is 4.99. The van der Waals surface area contributed by atoms with Gasteiger partial charge in [0, 0.05) is 11.8 Å². The molecule has 0 bridgehead atoms. The van der Waals surface area contributed by atoms with Crippen LogP contribution in [-0.4, -0.2) is 20.8 Å². The summed E-state index contributed by atoms with van der Waals surface area (Å²) in [5.41, 5.74) is -3.57. The molecule has 0 radical (unpaired) electrons. The van der Waals surface area contributed by atoms with Crippen molar-refractivity contribution >= 4 is 0 Å². The van der Waals surface area contributed by atoms with Crippen molar-refractivity contribution in [1.29, 1.82) is 0 Å². The average molecular weight is 380 g/mol. The van der Waals surface area contributed by atoms with Gasteiger partial charge < -0.3 is 9.67 Å². The Kier molecular flexibility index (Phi) is 5.15. The van der Waals surface area contributed by atoms with Crippen LogP contribution in [0.4, 0.5) is 26.3 Å². The van der Waals surface area contributed by atoms with Crippen molar-refractivity contribution in [2.75, 3.05) is 0 Å². The lowest BCUT2D eigenvalue weighted by atomic mass is 9.89. The number of alkyl halides is 6. The van der Waals surface area contributed by atoms with Crippen LogP contribution >= 0.6 is 0 Å². The van der Waals surface area contributed by atoms with Crippen LogP contribution in [0.15, 0.2) is 30.7 Å². The number of nitrogens with zero attached hydrogens (tertiary/aromatic N) is 2. The molecule has 0 amide bonds. The van der Waals surface area contributed by atoms with Gasteiger partial charge in [0.25, 0.3) is 0 Å². The van der Waals surface area contributed by atoms with Crippen LogP contribution < -0.4 is 0 Å². The highest BCUT2D eigenvalue weighted by molar-refractivity contribution is 5.61. The number of rotatable bonds is 3. The van der Waals surface area contributed by atoms with Crippen molar-refractivity contribution in [3.63, 3.8) is 0 Å². The van der Waals surface area contributed by atoms with E-state index in [0.717, 1.165) is 0 Å². The Balaban J connectivity index is 2.43. The number of aliphatic hydroxyl groups excluding tert-OH is 1. The van der Waals surface area contributed by atoms with Gasteiger partial charge in [-0.2, -0.15) is 26.3 Å². The highest BCUT2D eigenvalue weighted by Crippen LogP contribution is 2.38. The minimum atomic E-state index is -4.92. The van der Waals surface area contributed by atoms with Gasteiger partial charge in [0.1, 0.15) is 0 Å². The molecule has 0 fully saturated rings. The van der Waals surface area contributed by atoms with Crippen LogP contribution in [0.2, 0.25) is 0 Å². The maximum atomic E-state index is 12.9. The summed E-state index contributed by atoms with van der Waals surface area (Å²) in [4.78, 5) is 3.89. The highest BCUT2D eigenvalue weighted by atomic mass is 19.4. The second-order valence-electron chi connectivity index (χ2n) is 7.13. The third-order valence-electron chi connectivity index (χ3n) is 3.90. The first-order valence-electron chi connectivity index (χ1n) is 7.67. The van der Waals surface area contributed by atoms with E-state index >= 15 is 0 Å². The number of hydrogen-bond donors (Lipinski definition) is 1. The average Bonchev–Trinajstić information content (AvgIpc) is 2.92. The topological polar surface area (TPSA) is 38.0 Å². The van der Waals surface area contributed by atoms with Gasteiger partial charge in [-0.3, -0.25) is 0 Å². The standard InChI is InChI=1S/C17H18F6N2O/c1-15(2,3)14(26)8-25-7-13(24-9-25)10-4-11(16(18,19)20)6-12(5-10)17(21,22)23/h4-7,9,14,26H,8H2,1-3H3/t14-/m1/s1. The Morgan fingerprint density at radius 1 is 0.962 bits per heavy atom. The zero-order valence-corrected chi connectivity index (χ0v) is 14.3. The molecule has 1 N–H and O–H groups in total. The van der Waals surface area contributed by atoms with Crippen LogP contribution in [-0.2, 0) is 18.9 Å². The Morgan fingerprint density at radius 2 is 1.46 bits per heavy atom. The van der Waals surface area contributed by atoms with Gasteiger partial charge in [-0.15, -0.1) is 0 Å². The third-order valence-corrected chi connectivity index (χ3v) is 3.90. The summed E-state index contributed by atoms with van der Waals surface area (Å²) in [6, 6.07) is 1.33. The molecule has 1 aromatic carbocycles. The molecule has 1 aromatic heterocycles. The zero-order chi connectivity index (χ0) is 19.9. The molecule has 0 saturated carbocycles. The minimum Gasteiger partial charge on any atom is -0.391 e. The van der Waals surface area contributed by atoms with E-state index in [1.54, 1.807) is 20.8 Å². The molecule has 9 heteroatoms. The van der Waals surface area contributed by atoms with Gasteiger partial charge in [0.15, 0.2) is 0 Å². The number of aromatic nitrogens is 2. The fourth-order valence-corrected chi connectivity index (χ4v) is 2.19. The lowest BCUT2D eigenvalue weighted by Gasteiger charge is -2.25. The Bertz CT molecular complexity index is 739. The largest absolute Gasteiger partial charge is 0.416 e. The van der Waals surface area contributed by atoms with Gasteiger partial charge in [-0.1, -0.05) is 20.8 Å². The van der Waals surface area contributed by atoms with Crippen LogP contribution in [0.3, 0.4) is 0 Å². The van der Waals surface area contributed by atoms with Crippen molar-refractivity contribution in [1.82, 2.24) is 9.55 Å². The monoisotopic (exact) mass is 380 g/mol. The number of imidazole rings is 1. The van der Waals surface area contributed by atoms with E-state index in [0.29, 0.717) is 12.1 Å². The summed E-state index contributed by atoms with van der Waals surface area (Å²) in [6.07, 6.45) is -8.03. The molecule has 26 heavy (non-hydrogen) atoms. The van der Waals surface area contributed by atoms with Gasteiger partial charge in [0.2, 0.25) is 0 Å². The van der Waals surface area contributed by atoms with Gasteiger partial charge in [-0.05, 0) is 23.6 Å². The molecule has 1 atom stereocenters. The first-order chi connectivity index (χ1) is 11.7. The van der Waals surface area contributed by atoms with E-state index in [9.17, 15) is 31.4 Å². The van der Waals surface area contributed by atoms with Gasteiger partial charge in [-0.25, -0.2) is 4.98 Å². The van der Waals surface area contributed by atoms with Crippen LogP contribution in [0.5, 0.6) is 0 Å². The Morgan fingerprint density at radius 3 is 1.88 bits per heavy atom. The maximum Gasteiger partial charge on any atom is 0.416 e. The van der Waals surface area contributed by atoms with E-state index in [4.69, 9.17) is 0 Å². The Hall–Kier alpha value is -2.03. The van der Waals surface area contributed by atoms with Crippen molar-refractivity contribution in [3.05, 3.63) is 41.9 Å². The lowest BCUT2D eigenvalue weighted by Crippen LogP contribution is -2.30. The quantitative estimate of drug-likeness (QED) is 0.762. The van der Waals surface area contributed by atoms with E-state index in [2.05, 4.69) is 4.98 Å². The fraction of sp³-hybridized carbons (Fsp3) is 0.471. The van der Waals surface area contributed by atoms with Crippen molar-refractivity contribution in [2.45, 2.75) is 45.8 Å². The van der Waals surface area contributed by atoms with Crippen LogP contribution in [0, 0.1) is 5.41 Å². The highest BCUT2D eigenvalue weighted by Gasteiger charge is 2.37. The lowest BCUT2D eigenvalue weighted by molar-refractivity contribution is -0.143. The summed E-state index contributed by atoms with van der Waals surface area (Å²) in [5, 5.41) is 10.1. The Labute approximate surface area is 146 Å². The number of aliphatic hydroxyl groups is 1. The normalized spacial score (nSPS) is 14.5. The van der Waals surface area contributed by atoms with Gasteiger partial charge >= 0.3 is 12.4 Å². The predicted molar refractivity (Wildman–Crippen MR) is 83.1 cm³/mol. The van der Waals surface area contributed by atoms with E-state index in [1.807, 2.05) is 0 Å². The minimum absolute atomic E-state index is 0.0392. The second kappa shape index (κ2) is 6.61. The molecule has 0 spiro atoms. The molecular formula is C17H18F6N2O. The number of halogens is 6. The summed E-state index contributed by atoms with van der Waals surface area (Å²) >= 11 is 0. The van der Waals surface area contributed by atoms with Crippen molar-refractivity contribution < 1.29 is 31.4 Å². The summed E-state index contributed by atoms with van der Waals surface area (Å²) in [7, 11) is 0. The molecule has 0 unspecified atom stereocenters. The van der Waals surface area contributed by atoms with Crippen LogP contribution in [0.25, 0.3) is 11.3 Å². The molecule has 0 aliphatic heterocycles. The first-order valence-corrected chi connectivity index (χ1v) is 7.67. The van der Waals surface area contributed by atoms with E-state index < -0.39 is 35.0 Å².